The highest BCUT2D eigenvalue weighted by Gasteiger charge is 2.33. The Morgan fingerprint density at radius 3 is 1.98 bits per heavy atom. The van der Waals surface area contributed by atoms with Gasteiger partial charge in [-0.25, -0.2) is 8.42 Å². The van der Waals surface area contributed by atoms with E-state index in [1.54, 1.807) is 62.6 Å². The van der Waals surface area contributed by atoms with Crippen molar-refractivity contribution >= 4 is 27.5 Å². The van der Waals surface area contributed by atoms with Gasteiger partial charge in [0.25, 0.3) is 10.0 Å². The summed E-state index contributed by atoms with van der Waals surface area (Å²) >= 11 is 0. The van der Waals surface area contributed by atoms with Crippen molar-refractivity contribution in [2.24, 2.45) is 0 Å². The number of nitrogens with zero attached hydrogens (tertiary/aromatic N) is 2. The molecule has 0 fully saturated rings. The number of carbonyl (C=O) groups excluding carboxylic acids is 2. The number of sulfonamides is 1. The molecular weight excluding hydrogens is 590 g/mol. The van der Waals surface area contributed by atoms with E-state index in [-0.39, 0.29) is 23.0 Å². The maximum absolute atomic E-state index is 14.2. The quantitative estimate of drug-likeness (QED) is 0.185. The van der Waals surface area contributed by atoms with E-state index in [9.17, 15) is 18.0 Å². The molecule has 2 amide bonds. The Labute approximate surface area is 265 Å². The molecule has 0 aliphatic carbocycles. The van der Waals surface area contributed by atoms with Crippen molar-refractivity contribution in [3.05, 3.63) is 114 Å². The van der Waals surface area contributed by atoms with Crippen LogP contribution in [0, 0.1) is 6.92 Å². The Bertz CT molecular complexity index is 1660. The average molecular weight is 630 g/mol. The van der Waals surface area contributed by atoms with E-state index in [0.717, 1.165) is 15.4 Å². The molecule has 1 atom stereocenters. The smallest absolute Gasteiger partial charge is 0.264 e. The average Bonchev–Trinajstić information content (AvgIpc) is 3.05. The van der Waals surface area contributed by atoms with Gasteiger partial charge >= 0.3 is 0 Å². The third kappa shape index (κ3) is 8.42. The second-order valence-corrected chi connectivity index (χ2v) is 12.3. The van der Waals surface area contributed by atoms with E-state index in [1.807, 2.05) is 56.3 Å². The fourth-order valence-electron chi connectivity index (χ4n) is 4.81. The molecule has 0 aromatic heterocycles. The molecule has 45 heavy (non-hydrogen) atoms. The van der Waals surface area contributed by atoms with E-state index in [4.69, 9.17) is 9.47 Å². The maximum atomic E-state index is 14.2. The van der Waals surface area contributed by atoms with Crippen LogP contribution < -0.4 is 19.1 Å². The van der Waals surface area contributed by atoms with Crippen molar-refractivity contribution in [1.82, 2.24) is 10.2 Å². The Hall–Kier alpha value is -4.83. The molecule has 0 bridgehead atoms. The minimum absolute atomic E-state index is 0.0444. The topological polar surface area (TPSA) is 105 Å². The molecule has 0 spiro atoms. The zero-order valence-electron chi connectivity index (χ0n) is 26.0. The predicted octanol–water partition coefficient (Wildman–Crippen LogP) is 5.93. The van der Waals surface area contributed by atoms with Gasteiger partial charge in [0.05, 0.1) is 17.7 Å². The second-order valence-electron chi connectivity index (χ2n) is 10.4. The number of rotatable bonds is 14. The Balaban J connectivity index is 1.72. The summed E-state index contributed by atoms with van der Waals surface area (Å²) in [7, 11) is -2.62. The normalized spacial score (nSPS) is 11.7. The van der Waals surface area contributed by atoms with Crippen LogP contribution >= 0.6 is 0 Å². The number of hydrogen-bond acceptors (Lipinski definition) is 6. The molecule has 9 nitrogen and oxygen atoms in total. The number of aryl methyl sites for hydroxylation is 1. The fourth-order valence-corrected chi connectivity index (χ4v) is 6.22. The van der Waals surface area contributed by atoms with Crippen molar-refractivity contribution in [3.63, 3.8) is 0 Å². The molecule has 0 unspecified atom stereocenters. The highest BCUT2D eigenvalue weighted by atomic mass is 32.2. The number of nitrogens with one attached hydrogen (secondary N) is 1. The summed E-state index contributed by atoms with van der Waals surface area (Å²) in [6, 6.07) is 28.6. The molecule has 10 heteroatoms. The van der Waals surface area contributed by atoms with E-state index in [0.29, 0.717) is 30.2 Å². The Morgan fingerprint density at radius 2 is 1.40 bits per heavy atom. The first-order chi connectivity index (χ1) is 21.7. The van der Waals surface area contributed by atoms with Gasteiger partial charge in [-0.05, 0) is 86.5 Å². The largest absolute Gasteiger partial charge is 0.497 e. The molecule has 4 aromatic rings. The lowest BCUT2D eigenvalue weighted by atomic mass is 10.1. The molecule has 0 saturated carbocycles. The first-order valence-electron chi connectivity index (χ1n) is 14.8. The molecule has 236 valence electrons. The number of hydrogen-bond donors (Lipinski definition) is 1. The van der Waals surface area contributed by atoms with Crippen molar-refractivity contribution in [1.29, 1.82) is 0 Å². The first-order valence-corrected chi connectivity index (χ1v) is 16.2. The minimum Gasteiger partial charge on any atom is -0.497 e. The molecule has 4 aromatic carbocycles. The van der Waals surface area contributed by atoms with E-state index < -0.39 is 28.5 Å². The second kappa shape index (κ2) is 15.3. The number of methoxy groups -OCH3 is 1. The van der Waals surface area contributed by atoms with Crippen LogP contribution in [0.15, 0.2) is 108 Å². The van der Waals surface area contributed by atoms with Gasteiger partial charge in [0, 0.05) is 13.1 Å². The van der Waals surface area contributed by atoms with Gasteiger partial charge in [-0.15, -0.1) is 0 Å². The Kier molecular flexibility index (Phi) is 11.2. The number of benzene rings is 4. The highest BCUT2D eigenvalue weighted by molar-refractivity contribution is 7.92. The zero-order valence-corrected chi connectivity index (χ0v) is 26.8. The van der Waals surface area contributed by atoms with Crippen LogP contribution in [0.5, 0.6) is 17.2 Å². The van der Waals surface area contributed by atoms with E-state index >= 15 is 0 Å². The summed E-state index contributed by atoms with van der Waals surface area (Å²) in [5.74, 6) is 0.964. The van der Waals surface area contributed by atoms with E-state index in [2.05, 4.69) is 5.32 Å². The summed E-state index contributed by atoms with van der Waals surface area (Å²) in [6.45, 7) is 5.46. The number of amides is 2. The van der Waals surface area contributed by atoms with Gasteiger partial charge in [-0.1, -0.05) is 55.0 Å². The van der Waals surface area contributed by atoms with Gasteiger partial charge in [0.1, 0.15) is 29.8 Å². The maximum Gasteiger partial charge on any atom is 0.264 e. The molecule has 4 rings (SSSR count). The lowest BCUT2D eigenvalue weighted by molar-refractivity contribution is -0.140. The van der Waals surface area contributed by atoms with Crippen LogP contribution in [-0.2, 0) is 26.2 Å². The van der Waals surface area contributed by atoms with E-state index in [1.165, 1.54) is 17.0 Å². The van der Waals surface area contributed by atoms with Crippen molar-refractivity contribution in [2.45, 2.75) is 44.7 Å². The zero-order chi connectivity index (χ0) is 32.4. The predicted molar refractivity (Wildman–Crippen MR) is 175 cm³/mol. The number of likely N-dealkylation sites (N-methyl/N-ethyl adjacent to an activating group) is 1. The summed E-state index contributed by atoms with van der Waals surface area (Å²) in [6.07, 6.45) is 0.337. The third-order valence-corrected chi connectivity index (χ3v) is 9.03. The van der Waals surface area contributed by atoms with Gasteiger partial charge in [0.15, 0.2) is 0 Å². The number of anilines is 1. The number of para-hydroxylation sites is 1. The van der Waals surface area contributed by atoms with Crippen molar-refractivity contribution in [2.75, 3.05) is 24.5 Å². The monoisotopic (exact) mass is 629 g/mol. The lowest BCUT2D eigenvalue weighted by Crippen LogP contribution is -2.52. The standard InChI is InChI=1S/C35H39N3O6S/c1-5-33(35(40)36-6-2)37(24-27-14-18-29(43-4)19-15-27)34(39)25-38(45(41,42)32-22-12-26(3)13-23-32)28-16-20-31(21-17-28)44-30-10-8-7-9-11-30/h7-23,33H,5-6,24-25H2,1-4H3,(H,36,40)/t33-/m1/s1. The molecule has 0 radical (unpaired) electrons. The van der Waals surface area contributed by atoms with Crippen LogP contribution in [0.2, 0.25) is 0 Å². The van der Waals surface area contributed by atoms with Crippen LogP contribution in [-0.4, -0.2) is 51.4 Å². The van der Waals surface area contributed by atoms with Gasteiger partial charge < -0.3 is 19.7 Å². The summed E-state index contributed by atoms with van der Waals surface area (Å²) in [5.41, 5.74) is 1.94. The molecule has 0 aliphatic rings. The molecule has 1 N–H and O–H groups in total. The first kappa shape index (κ1) is 33.1. The highest BCUT2D eigenvalue weighted by Crippen LogP contribution is 2.29. The molecule has 0 aliphatic heterocycles. The van der Waals surface area contributed by atoms with Crippen LogP contribution in [0.1, 0.15) is 31.4 Å². The molecule has 0 saturated heterocycles. The Morgan fingerprint density at radius 1 is 0.800 bits per heavy atom. The van der Waals surface area contributed by atoms with Crippen LogP contribution in [0.25, 0.3) is 0 Å². The SMILES string of the molecule is CCNC(=O)[C@@H](CC)N(Cc1ccc(OC)cc1)C(=O)CN(c1ccc(Oc2ccccc2)cc1)S(=O)(=O)c1ccc(C)cc1. The third-order valence-electron chi connectivity index (χ3n) is 7.24. The summed E-state index contributed by atoms with van der Waals surface area (Å²) < 4.78 is 40.5. The molecular formula is C35H39N3O6S. The molecule has 0 heterocycles. The van der Waals surface area contributed by atoms with Gasteiger partial charge in [-0.3, -0.25) is 13.9 Å². The minimum atomic E-state index is -4.19. The summed E-state index contributed by atoms with van der Waals surface area (Å²) in [4.78, 5) is 28.8. The number of ether oxygens (including phenoxy) is 2. The van der Waals surface area contributed by atoms with Crippen LogP contribution in [0.3, 0.4) is 0 Å². The van der Waals surface area contributed by atoms with Crippen molar-refractivity contribution in [3.8, 4) is 17.2 Å². The summed E-state index contributed by atoms with van der Waals surface area (Å²) in [5, 5.41) is 2.81. The fraction of sp³-hybridized carbons (Fsp3) is 0.257. The number of carbonyl (C=O) groups is 2. The van der Waals surface area contributed by atoms with Crippen molar-refractivity contribution < 1.29 is 27.5 Å². The van der Waals surface area contributed by atoms with Gasteiger partial charge in [-0.2, -0.15) is 0 Å². The lowest BCUT2D eigenvalue weighted by Gasteiger charge is -2.33. The van der Waals surface area contributed by atoms with Crippen LogP contribution in [0.4, 0.5) is 5.69 Å². The van der Waals surface area contributed by atoms with Gasteiger partial charge in [0.2, 0.25) is 11.8 Å².